The largest absolute Gasteiger partial charge is 0.368 e. The van der Waals surface area contributed by atoms with Gasteiger partial charge in [-0.2, -0.15) is 0 Å². The van der Waals surface area contributed by atoms with Crippen LogP contribution in [0.25, 0.3) is 0 Å². The molecule has 14 heavy (non-hydrogen) atoms. The summed E-state index contributed by atoms with van der Waals surface area (Å²) in [5, 5.41) is 1.83. The Balaban J connectivity index is 0.000000980. The second kappa shape index (κ2) is 4.99. The first-order valence-electron chi connectivity index (χ1n) is 5.22. The van der Waals surface area contributed by atoms with Gasteiger partial charge in [-0.1, -0.05) is 6.92 Å². The van der Waals surface area contributed by atoms with Crippen LogP contribution in [-0.4, -0.2) is 24.1 Å². The van der Waals surface area contributed by atoms with E-state index in [2.05, 4.69) is 6.92 Å². The van der Waals surface area contributed by atoms with E-state index < -0.39 is 0 Å². The molecule has 1 saturated carbocycles. The van der Waals surface area contributed by atoms with Crippen molar-refractivity contribution in [2.45, 2.75) is 32.6 Å². The molecule has 0 aromatic heterocycles. The SMILES string of the molecule is CC1CCN(OC(=O)C2CC2)CC1.Cl. The molecule has 82 valence electrons. The second-order valence-electron chi connectivity index (χ2n) is 4.30. The summed E-state index contributed by atoms with van der Waals surface area (Å²) in [7, 11) is 0. The molecule has 0 spiro atoms. The number of piperidine rings is 1. The highest BCUT2D eigenvalue weighted by Gasteiger charge is 2.33. The Morgan fingerprint density at radius 2 is 1.79 bits per heavy atom. The number of hydrogen-bond donors (Lipinski definition) is 0. The summed E-state index contributed by atoms with van der Waals surface area (Å²) < 4.78 is 0. The van der Waals surface area contributed by atoms with Gasteiger partial charge >= 0.3 is 5.97 Å². The van der Waals surface area contributed by atoms with Gasteiger partial charge in [-0.15, -0.1) is 17.5 Å². The van der Waals surface area contributed by atoms with Crippen molar-refractivity contribution in [3.63, 3.8) is 0 Å². The van der Waals surface area contributed by atoms with E-state index in [1.165, 1.54) is 0 Å². The van der Waals surface area contributed by atoms with E-state index in [1.807, 2.05) is 5.06 Å². The van der Waals surface area contributed by atoms with Gasteiger partial charge in [-0.3, -0.25) is 4.79 Å². The molecule has 0 unspecified atom stereocenters. The van der Waals surface area contributed by atoms with Gasteiger partial charge in [-0.25, -0.2) is 0 Å². The third kappa shape index (κ3) is 3.14. The lowest BCUT2D eigenvalue weighted by Gasteiger charge is -2.28. The van der Waals surface area contributed by atoms with E-state index in [9.17, 15) is 4.79 Å². The molecular formula is C10H18ClNO2. The lowest BCUT2D eigenvalue weighted by molar-refractivity contribution is -0.198. The predicted octanol–water partition coefficient (Wildman–Crippen LogP) is 2.01. The lowest BCUT2D eigenvalue weighted by atomic mass is 10.0. The van der Waals surface area contributed by atoms with Crippen LogP contribution in [0.4, 0.5) is 0 Å². The molecule has 2 aliphatic rings. The van der Waals surface area contributed by atoms with E-state index >= 15 is 0 Å². The van der Waals surface area contributed by atoms with Gasteiger partial charge in [0.2, 0.25) is 0 Å². The standard InChI is InChI=1S/C10H17NO2.ClH/c1-8-4-6-11(7-5-8)13-10(12)9-2-3-9;/h8-9H,2-7H2,1H3;1H. The molecular weight excluding hydrogens is 202 g/mol. The van der Waals surface area contributed by atoms with Gasteiger partial charge in [0.05, 0.1) is 5.92 Å². The number of hydrogen-bond acceptors (Lipinski definition) is 3. The minimum absolute atomic E-state index is 0. The van der Waals surface area contributed by atoms with Gasteiger partial charge in [0.25, 0.3) is 0 Å². The Morgan fingerprint density at radius 1 is 1.21 bits per heavy atom. The van der Waals surface area contributed by atoms with E-state index in [-0.39, 0.29) is 24.3 Å². The molecule has 1 saturated heterocycles. The summed E-state index contributed by atoms with van der Waals surface area (Å²) in [5.74, 6) is 1.00. The summed E-state index contributed by atoms with van der Waals surface area (Å²) in [6.45, 7) is 4.08. The fourth-order valence-electron chi connectivity index (χ4n) is 1.60. The molecule has 4 heteroatoms. The fraction of sp³-hybridized carbons (Fsp3) is 0.900. The van der Waals surface area contributed by atoms with Crippen molar-refractivity contribution in [2.75, 3.05) is 13.1 Å². The van der Waals surface area contributed by atoms with Crippen LogP contribution in [0.5, 0.6) is 0 Å². The van der Waals surface area contributed by atoms with Gasteiger partial charge in [0.15, 0.2) is 0 Å². The first-order chi connectivity index (χ1) is 6.25. The van der Waals surface area contributed by atoms with Crippen molar-refractivity contribution in [2.24, 2.45) is 11.8 Å². The van der Waals surface area contributed by atoms with Crippen molar-refractivity contribution < 1.29 is 9.63 Å². The van der Waals surface area contributed by atoms with Crippen molar-refractivity contribution in [1.29, 1.82) is 0 Å². The Kier molecular flexibility index (Phi) is 4.20. The molecule has 0 aromatic rings. The summed E-state index contributed by atoms with van der Waals surface area (Å²) in [5.41, 5.74) is 0. The minimum Gasteiger partial charge on any atom is -0.368 e. The monoisotopic (exact) mass is 219 g/mol. The van der Waals surface area contributed by atoms with Gasteiger partial charge < -0.3 is 4.84 Å². The maximum Gasteiger partial charge on any atom is 0.328 e. The van der Waals surface area contributed by atoms with E-state index in [0.717, 1.165) is 44.7 Å². The molecule has 2 rings (SSSR count). The predicted molar refractivity (Wildman–Crippen MR) is 56.0 cm³/mol. The first-order valence-corrected chi connectivity index (χ1v) is 5.22. The average Bonchev–Trinajstić information content (AvgIpc) is 2.91. The number of carbonyl (C=O) groups excluding carboxylic acids is 1. The molecule has 0 atom stereocenters. The maximum atomic E-state index is 11.3. The molecule has 0 aromatic carbocycles. The molecule has 1 aliphatic heterocycles. The smallest absolute Gasteiger partial charge is 0.328 e. The first kappa shape index (κ1) is 11.8. The quantitative estimate of drug-likeness (QED) is 0.712. The van der Waals surface area contributed by atoms with Crippen LogP contribution in [0.15, 0.2) is 0 Å². The molecule has 0 bridgehead atoms. The third-order valence-corrected chi connectivity index (χ3v) is 2.87. The summed E-state index contributed by atoms with van der Waals surface area (Å²) >= 11 is 0. The van der Waals surface area contributed by atoms with Crippen LogP contribution in [0.1, 0.15) is 32.6 Å². The van der Waals surface area contributed by atoms with Crippen molar-refractivity contribution >= 4 is 18.4 Å². The third-order valence-electron chi connectivity index (χ3n) is 2.87. The van der Waals surface area contributed by atoms with Crippen LogP contribution < -0.4 is 0 Å². The maximum absolute atomic E-state index is 11.3. The zero-order chi connectivity index (χ0) is 9.26. The lowest BCUT2D eigenvalue weighted by Crippen LogP contribution is -2.35. The molecule has 0 amide bonds. The van der Waals surface area contributed by atoms with Crippen molar-refractivity contribution in [3.8, 4) is 0 Å². The zero-order valence-corrected chi connectivity index (χ0v) is 9.39. The van der Waals surface area contributed by atoms with Gasteiger partial charge in [0.1, 0.15) is 0 Å². The van der Waals surface area contributed by atoms with Crippen molar-refractivity contribution in [1.82, 2.24) is 5.06 Å². The van der Waals surface area contributed by atoms with E-state index in [4.69, 9.17) is 4.84 Å². The normalized spacial score (nSPS) is 24.1. The van der Waals surface area contributed by atoms with E-state index in [1.54, 1.807) is 0 Å². The topological polar surface area (TPSA) is 29.5 Å². The molecule has 1 heterocycles. The highest BCUT2D eigenvalue weighted by atomic mass is 35.5. The number of carbonyl (C=O) groups is 1. The number of rotatable bonds is 2. The van der Waals surface area contributed by atoms with Gasteiger partial charge in [0, 0.05) is 13.1 Å². The zero-order valence-electron chi connectivity index (χ0n) is 8.57. The molecule has 3 nitrogen and oxygen atoms in total. The summed E-state index contributed by atoms with van der Waals surface area (Å²) in [6.07, 6.45) is 4.36. The molecule has 1 aliphatic carbocycles. The molecule has 0 N–H and O–H groups in total. The van der Waals surface area contributed by atoms with Crippen LogP contribution in [0.2, 0.25) is 0 Å². The molecule has 2 fully saturated rings. The van der Waals surface area contributed by atoms with Crippen molar-refractivity contribution in [3.05, 3.63) is 0 Å². The Labute approximate surface area is 91.2 Å². The average molecular weight is 220 g/mol. The highest BCUT2D eigenvalue weighted by Crippen LogP contribution is 2.30. The number of nitrogens with zero attached hydrogens (tertiary/aromatic N) is 1. The number of hydroxylamine groups is 2. The van der Waals surface area contributed by atoms with Crippen LogP contribution in [0.3, 0.4) is 0 Å². The Morgan fingerprint density at radius 3 is 2.29 bits per heavy atom. The van der Waals surface area contributed by atoms with Crippen LogP contribution in [0, 0.1) is 11.8 Å². The van der Waals surface area contributed by atoms with Crippen LogP contribution >= 0.6 is 12.4 Å². The fourth-order valence-corrected chi connectivity index (χ4v) is 1.60. The molecule has 0 radical (unpaired) electrons. The Bertz CT molecular complexity index is 198. The second-order valence-corrected chi connectivity index (χ2v) is 4.30. The van der Waals surface area contributed by atoms with E-state index in [0.29, 0.717) is 0 Å². The highest BCUT2D eigenvalue weighted by molar-refractivity contribution is 5.85. The summed E-state index contributed by atoms with van der Waals surface area (Å²) in [4.78, 5) is 16.5. The number of halogens is 1. The Hall–Kier alpha value is -0.280. The summed E-state index contributed by atoms with van der Waals surface area (Å²) in [6, 6.07) is 0. The minimum atomic E-state index is -0.00504. The van der Waals surface area contributed by atoms with Gasteiger partial charge in [-0.05, 0) is 31.6 Å². The van der Waals surface area contributed by atoms with Crippen LogP contribution in [-0.2, 0) is 9.63 Å².